The number of ether oxygens (including phenoxy) is 2. The van der Waals surface area contributed by atoms with E-state index in [1.807, 2.05) is 41.3 Å². The number of likely N-dealkylation sites (tertiary alicyclic amines) is 1. The van der Waals surface area contributed by atoms with Crippen LogP contribution in [0.4, 0.5) is 0 Å². The number of rotatable bonds is 4. The molecule has 0 unspecified atom stereocenters. The van der Waals surface area contributed by atoms with Crippen molar-refractivity contribution in [3.8, 4) is 22.8 Å². The SMILES string of the molecule is COc1ccc(-c2ccc3[nH]c(C(=O)N4CCCCC4)cc3n2)cc1OC. The fourth-order valence-electron chi connectivity index (χ4n) is 3.55. The van der Waals surface area contributed by atoms with Gasteiger partial charge in [0.25, 0.3) is 5.91 Å². The lowest BCUT2D eigenvalue weighted by Crippen LogP contribution is -2.35. The lowest BCUT2D eigenvalue weighted by atomic mass is 10.1. The first-order valence-electron chi connectivity index (χ1n) is 9.21. The molecule has 0 saturated carbocycles. The fourth-order valence-corrected chi connectivity index (χ4v) is 3.55. The average molecular weight is 365 g/mol. The number of benzene rings is 1. The number of hydrogen-bond acceptors (Lipinski definition) is 4. The molecule has 1 saturated heterocycles. The molecule has 1 aliphatic heterocycles. The van der Waals surface area contributed by atoms with E-state index in [2.05, 4.69) is 4.98 Å². The molecule has 27 heavy (non-hydrogen) atoms. The summed E-state index contributed by atoms with van der Waals surface area (Å²) in [5.74, 6) is 1.39. The standard InChI is InChI=1S/C21H23N3O3/c1-26-19-9-6-14(12-20(19)27-2)15-7-8-16-17(22-15)13-18(23-16)21(25)24-10-4-3-5-11-24/h6-9,12-13,23H,3-5,10-11H2,1-2H3. The maximum atomic E-state index is 12.7. The number of pyridine rings is 1. The lowest BCUT2D eigenvalue weighted by molar-refractivity contribution is 0.0719. The van der Waals surface area contributed by atoms with Crippen molar-refractivity contribution in [3.63, 3.8) is 0 Å². The second-order valence-corrected chi connectivity index (χ2v) is 6.73. The van der Waals surface area contributed by atoms with Crippen LogP contribution in [0.3, 0.4) is 0 Å². The number of nitrogens with one attached hydrogen (secondary N) is 1. The number of nitrogens with zero attached hydrogens (tertiary/aromatic N) is 2. The van der Waals surface area contributed by atoms with Crippen LogP contribution < -0.4 is 9.47 Å². The van der Waals surface area contributed by atoms with E-state index in [4.69, 9.17) is 14.5 Å². The largest absolute Gasteiger partial charge is 0.493 e. The zero-order valence-corrected chi connectivity index (χ0v) is 15.6. The number of methoxy groups -OCH3 is 2. The van der Waals surface area contributed by atoms with Crippen molar-refractivity contribution in [3.05, 3.63) is 42.1 Å². The van der Waals surface area contributed by atoms with Crippen LogP contribution in [0.15, 0.2) is 36.4 Å². The molecule has 1 N–H and O–H groups in total. The van der Waals surface area contributed by atoms with Crippen LogP contribution in [0.2, 0.25) is 0 Å². The molecule has 0 atom stereocenters. The molecular formula is C21H23N3O3. The highest BCUT2D eigenvalue weighted by atomic mass is 16.5. The number of fused-ring (bicyclic) bond motifs is 1. The van der Waals surface area contributed by atoms with Gasteiger partial charge in [0, 0.05) is 18.7 Å². The number of hydrogen-bond donors (Lipinski definition) is 1. The quantitative estimate of drug-likeness (QED) is 0.762. The summed E-state index contributed by atoms with van der Waals surface area (Å²) in [7, 11) is 3.23. The van der Waals surface area contributed by atoms with Gasteiger partial charge >= 0.3 is 0 Å². The topological polar surface area (TPSA) is 67.5 Å². The van der Waals surface area contributed by atoms with E-state index >= 15 is 0 Å². The summed E-state index contributed by atoms with van der Waals surface area (Å²) in [6, 6.07) is 11.5. The Morgan fingerprint density at radius 2 is 1.78 bits per heavy atom. The highest BCUT2D eigenvalue weighted by Gasteiger charge is 2.20. The Hall–Kier alpha value is -3.02. The van der Waals surface area contributed by atoms with Crippen LogP contribution in [0.1, 0.15) is 29.8 Å². The van der Waals surface area contributed by atoms with Gasteiger partial charge < -0.3 is 19.4 Å². The van der Waals surface area contributed by atoms with Gasteiger partial charge in [-0.3, -0.25) is 4.79 Å². The van der Waals surface area contributed by atoms with E-state index in [1.165, 1.54) is 6.42 Å². The number of amides is 1. The monoisotopic (exact) mass is 365 g/mol. The maximum absolute atomic E-state index is 12.7. The predicted octanol–water partition coefficient (Wildman–Crippen LogP) is 3.87. The first-order chi connectivity index (χ1) is 13.2. The second-order valence-electron chi connectivity index (χ2n) is 6.73. The smallest absolute Gasteiger partial charge is 0.270 e. The Kier molecular flexibility index (Phi) is 4.71. The van der Waals surface area contributed by atoms with Crippen LogP contribution in [0, 0.1) is 0 Å². The summed E-state index contributed by atoms with van der Waals surface area (Å²) >= 11 is 0. The third-order valence-electron chi connectivity index (χ3n) is 5.03. The molecule has 3 heterocycles. The molecule has 6 nitrogen and oxygen atoms in total. The summed E-state index contributed by atoms with van der Waals surface area (Å²) in [4.78, 5) is 22.6. The van der Waals surface area contributed by atoms with E-state index in [1.54, 1.807) is 14.2 Å². The van der Waals surface area contributed by atoms with E-state index in [0.717, 1.165) is 48.2 Å². The van der Waals surface area contributed by atoms with E-state index in [9.17, 15) is 4.79 Å². The highest BCUT2D eigenvalue weighted by Crippen LogP contribution is 2.32. The maximum Gasteiger partial charge on any atom is 0.270 e. The molecule has 0 aliphatic carbocycles. The van der Waals surface area contributed by atoms with Crippen molar-refractivity contribution < 1.29 is 14.3 Å². The molecule has 1 amide bonds. The van der Waals surface area contributed by atoms with Crippen molar-refractivity contribution in [1.29, 1.82) is 0 Å². The minimum atomic E-state index is 0.0559. The number of carbonyl (C=O) groups is 1. The molecule has 0 spiro atoms. The first kappa shape index (κ1) is 17.4. The third kappa shape index (κ3) is 3.35. The Labute approximate surface area is 158 Å². The van der Waals surface area contributed by atoms with Gasteiger partial charge in [0.15, 0.2) is 11.5 Å². The van der Waals surface area contributed by atoms with Gasteiger partial charge in [0.2, 0.25) is 0 Å². The number of aromatic amines is 1. The summed E-state index contributed by atoms with van der Waals surface area (Å²) in [6.45, 7) is 1.66. The molecule has 0 radical (unpaired) electrons. The molecule has 6 heteroatoms. The van der Waals surface area contributed by atoms with Crippen LogP contribution >= 0.6 is 0 Å². The third-order valence-corrected chi connectivity index (χ3v) is 5.03. The van der Waals surface area contributed by atoms with Gasteiger partial charge in [0.05, 0.1) is 30.9 Å². The molecule has 1 fully saturated rings. The number of H-pyrrole nitrogens is 1. The van der Waals surface area contributed by atoms with Crippen LogP contribution in [0.5, 0.6) is 11.5 Å². The Bertz CT molecular complexity index is 974. The minimum absolute atomic E-state index is 0.0559. The van der Waals surface area contributed by atoms with Gasteiger partial charge in [-0.15, -0.1) is 0 Å². The number of piperidine rings is 1. The molecule has 1 aromatic carbocycles. The van der Waals surface area contributed by atoms with Gasteiger partial charge in [-0.1, -0.05) is 0 Å². The minimum Gasteiger partial charge on any atom is -0.493 e. The van der Waals surface area contributed by atoms with Crippen LogP contribution in [-0.2, 0) is 0 Å². The summed E-state index contributed by atoms with van der Waals surface area (Å²) in [6.07, 6.45) is 3.36. The number of carbonyl (C=O) groups excluding carboxylic acids is 1. The van der Waals surface area contributed by atoms with Crippen molar-refractivity contribution in [2.75, 3.05) is 27.3 Å². The van der Waals surface area contributed by atoms with Crippen molar-refractivity contribution in [2.45, 2.75) is 19.3 Å². The first-order valence-corrected chi connectivity index (χ1v) is 9.21. The van der Waals surface area contributed by atoms with E-state index in [0.29, 0.717) is 17.2 Å². The normalized spacial score (nSPS) is 14.4. The summed E-state index contributed by atoms with van der Waals surface area (Å²) < 4.78 is 10.7. The van der Waals surface area contributed by atoms with E-state index < -0.39 is 0 Å². The molecule has 0 bridgehead atoms. The average Bonchev–Trinajstić information content (AvgIpc) is 3.16. The zero-order chi connectivity index (χ0) is 18.8. The lowest BCUT2D eigenvalue weighted by Gasteiger charge is -2.26. The zero-order valence-electron chi connectivity index (χ0n) is 15.6. The highest BCUT2D eigenvalue weighted by molar-refractivity contribution is 5.97. The summed E-state index contributed by atoms with van der Waals surface area (Å²) in [5, 5.41) is 0. The Balaban J connectivity index is 1.65. The van der Waals surface area contributed by atoms with Crippen molar-refractivity contribution in [2.24, 2.45) is 0 Å². The van der Waals surface area contributed by atoms with Crippen molar-refractivity contribution in [1.82, 2.24) is 14.9 Å². The van der Waals surface area contributed by atoms with Gasteiger partial charge in [-0.25, -0.2) is 4.98 Å². The molecule has 4 rings (SSSR count). The second kappa shape index (κ2) is 7.31. The van der Waals surface area contributed by atoms with Gasteiger partial charge in [-0.05, 0) is 55.7 Å². The van der Waals surface area contributed by atoms with E-state index in [-0.39, 0.29) is 5.91 Å². The predicted molar refractivity (Wildman–Crippen MR) is 104 cm³/mol. The summed E-state index contributed by atoms with van der Waals surface area (Å²) in [5.41, 5.74) is 3.99. The van der Waals surface area contributed by atoms with Crippen LogP contribution in [0.25, 0.3) is 22.3 Å². The molecule has 3 aromatic rings. The number of aromatic nitrogens is 2. The Morgan fingerprint density at radius 3 is 2.52 bits per heavy atom. The van der Waals surface area contributed by atoms with Gasteiger partial charge in [0.1, 0.15) is 5.69 Å². The fraction of sp³-hybridized carbons (Fsp3) is 0.333. The molecule has 140 valence electrons. The Morgan fingerprint density at radius 1 is 1.00 bits per heavy atom. The van der Waals surface area contributed by atoms with Gasteiger partial charge in [-0.2, -0.15) is 0 Å². The molecule has 2 aromatic heterocycles. The molecule has 1 aliphatic rings. The van der Waals surface area contributed by atoms with Crippen molar-refractivity contribution >= 4 is 16.9 Å². The molecular weight excluding hydrogens is 342 g/mol. The van der Waals surface area contributed by atoms with Crippen LogP contribution in [-0.4, -0.2) is 48.1 Å².